The van der Waals surface area contributed by atoms with E-state index in [2.05, 4.69) is 15.5 Å². The Morgan fingerprint density at radius 3 is 2.52 bits per heavy atom. The van der Waals surface area contributed by atoms with Crippen molar-refractivity contribution in [2.45, 2.75) is 39.3 Å². The van der Waals surface area contributed by atoms with E-state index >= 15 is 0 Å². The summed E-state index contributed by atoms with van der Waals surface area (Å²) in [6.45, 7) is 5.61. The maximum absolute atomic E-state index is 13.3. The average Bonchev–Trinajstić information content (AvgIpc) is 2.72. The van der Waals surface area contributed by atoms with E-state index in [1.165, 1.54) is 12.1 Å². The number of piperidine rings is 1. The predicted molar refractivity (Wildman–Crippen MR) is 112 cm³/mol. The number of hydrogen-bond donors (Lipinski definition) is 2. The Morgan fingerprint density at radius 1 is 1.10 bits per heavy atom. The highest BCUT2D eigenvalue weighted by molar-refractivity contribution is 5.99. The molecular formula is C23H28FN3O2. The molecule has 1 aliphatic rings. The third-order valence-corrected chi connectivity index (χ3v) is 5.20. The molecule has 0 atom stereocenters. The Morgan fingerprint density at radius 2 is 1.83 bits per heavy atom. The molecule has 3 rings (SSSR count). The lowest BCUT2D eigenvalue weighted by atomic mass is 10.0. The lowest BCUT2D eigenvalue weighted by Crippen LogP contribution is -2.46. The van der Waals surface area contributed by atoms with E-state index in [0.717, 1.165) is 37.2 Å². The molecule has 5 nitrogen and oxygen atoms in total. The lowest BCUT2D eigenvalue weighted by molar-refractivity contribution is -0.124. The Bertz CT molecular complexity index is 861. The second kappa shape index (κ2) is 9.54. The van der Waals surface area contributed by atoms with Gasteiger partial charge in [0, 0.05) is 37.3 Å². The number of rotatable bonds is 6. The van der Waals surface area contributed by atoms with Crippen LogP contribution in [0.2, 0.25) is 0 Å². The zero-order chi connectivity index (χ0) is 20.8. The third-order valence-electron chi connectivity index (χ3n) is 5.20. The van der Waals surface area contributed by atoms with Gasteiger partial charge in [0.1, 0.15) is 5.82 Å². The molecule has 1 fully saturated rings. The van der Waals surface area contributed by atoms with Gasteiger partial charge in [-0.15, -0.1) is 0 Å². The van der Waals surface area contributed by atoms with Crippen LogP contribution < -0.4 is 15.5 Å². The standard InChI is InChI=1S/C23H28FN3O2/c1-16(2)22(28)26-19-10-12-27(13-11-19)21-9-4-3-8-20(21)23(29)25-15-17-6-5-7-18(24)14-17/h3-9,14,16,19H,10-13,15H2,1-2H3,(H,25,29)(H,26,28). The van der Waals surface area contributed by atoms with Crippen molar-refractivity contribution in [3.8, 4) is 0 Å². The first-order valence-electron chi connectivity index (χ1n) is 10.1. The molecule has 2 amide bonds. The number of nitrogens with zero attached hydrogens (tertiary/aromatic N) is 1. The van der Waals surface area contributed by atoms with Gasteiger partial charge in [0.2, 0.25) is 5.91 Å². The maximum Gasteiger partial charge on any atom is 0.253 e. The number of benzene rings is 2. The number of nitrogens with one attached hydrogen (secondary N) is 2. The molecule has 1 saturated heterocycles. The van der Waals surface area contributed by atoms with Crippen LogP contribution in [0.4, 0.5) is 10.1 Å². The van der Waals surface area contributed by atoms with Gasteiger partial charge in [0.05, 0.1) is 5.56 Å². The monoisotopic (exact) mass is 397 g/mol. The number of halogens is 1. The van der Waals surface area contributed by atoms with Crippen molar-refractivity contribution in [1.29, 1.82) is 0 Å². The van der Waals surface area contributed by atoms with Crippen LogP contribution in [0.5, 0.6) is 0 Å². The molecule has 2 aromatic carbocycles. The molecule has 154 valence electrons. The zero-order valence-corrected chi connectivity index (χ0v) is 17.0. The second-order valence-electron chi connectivity index (χ2n) is 7.75. The van der Waals surface area contributed by atoms with E-state index < -0.39 is 0 Å². The predicted octanol–water partition coefficient (Wildman–Crippen LogP) is 3.50. The lowest BCUT2D eigenvalue weighted by Gasteiger charge is -2.35. The summed E-state index contributed by atoms with van der Waals surface area (Å²) in [5.41, 5.74) is 2.21. The first kappa shape index (κ1) is 20.8. The highest BCUT2D eigenvalue weighted by atomic mass is 19.1. The molecule has 2 N–H and O–H groups in total. The van der Waals surface area contributed by atoms with Gasteiger partial charge in [-0.25, -0.2) is 4.39 Å². The Labute approximate surface area is 171 Å². The minimum absolute atomic E-state index is 0.0180. The topological polar surface area (TPSA) is 61.4 Å². The van der Waals surface area contributed by atoms with Gasteiger partial charge in [0.25, 0.3) is 5.91 Å². The summed E-state index contributed by atoms with van der Waals surface area (Å²) in [5, 5.41) is 5.98. The number of para-hydroxylation sites is 1. The first-order valence-corrected chi connectivity index (χ1v) is 10.1. The van der Waals surface area contributed by atoms with Gasteiger partial charge in [-0.05, 0) is 42.7 Å². The van der Waals surface area contributed by atoms with E-state index in [4.69, 9.17) is 0 Å². The highest BCUT2D eigenvalue weighted by Gasteiger charge is 2.24. The molecule has 1 heterocycles. The number of carbonyl (C=O) groups excluding carboxylic acids is 2. The van der Waals surface area contributed by atoms with Crippen molar-refractivity contribution < 1.29 is 14.0 Å². The summed E-state index contributed by atoms with van der Waals surface area (Å²) in [6, 6.07) is 13.9. The molecule has 1 aliphatic heterocycles. The molecule has 0 aromatic heterocycles. The van der Waals surface area contributed by atoms with E-state index in [-0.39, 0.29) is 36.1 Å². The van der Waals surface area contributed by atoms with Crippen molar-refractivity contribution in [3.63, 3.8) is 0 Å². The fourth-order valence-electron chi connectivity index (χ4n) is 3.50. The minimum atomic E-state index is -0.315. The van der Waals surface area contributed by atoms with Crippen molar-refractivity contribution in [2.75, 3.05) is 18.0 Å². The molecule has 0 bridgehead atoms. The Kier molecular flexibility index (Phi) is 6.86. The molecule has 0 unspecified atom stereocenters. The van der Waals surface area contributed by atoms with Crippen LogP contribution in [0, 0.1) is 11.7 Å². The smallest absolute Gasteiger partial charge is 0.253 e. The molecule has 0 saturated carbocycles. The van der Waals surface area contributed by atoms with E-state index in [9.17, 15) is 14.0 Å². The highest BCUT2D eigenvalue weighted by Crippen LogP contribution is 2.24. The molecule has 0 radical (unpaired) electrons. The molecule has 29 heavy (non-hydrogen) atoms. The van der Waals surface area contributed by atoms with Gasteiger partial charge in [-0.1, -0.05) is 38.1 Å². The SMILES string of the molecule is CC(C)C(=O)NC1CCN(c2ccccc2C(=O)NCc2cccc(F)c2)CC1. The van der Waals surface area contributed by atoms with Gasteiger partial charge in [0.15, 0.2) is 0 Å². The van der Waals surface area contributed by atoms with Crippen LogP contribution in [0.25, 0.3) is 0 Å². The number of hydrogen-bond acceptors (Lipinski definition) is 3. The van der Waals surface area contributed by atoms with E-state index in [0.29, 0.717) is 5.56 Å². The van der Waals surface area contributed by atoms with Gasteiger partial charge in [-0.2, -0.15) is 0 Å². The largest absolute Gasteiger partial charge is 0.371 e. The van der Waals surface area contributed by atoms with Crippen LogP contribution in [-0.2, 0) is 11.3 Å². The number of anilines is 1. The summed E-state index contributed by atoms with van der Waals surface area (Å²) < 4.78 is 13.3. The van der Waals surface area contributed by atoms with E-state index in [1.54, 1.807) is 12.1 Å². The summed E-state index contributed by atoms with van der Waals surface area (Å²) in [5.74, 6) is -0.430. The van der Waals surface area contributed by atoms with Crippen LogP contribution in [0.15, 0.2) is 48.5 Å². The van der Waals surface area contributed by atoms with Crippen molar-refractivity contribution >= 4 is 17.5 Å². The normalized spacial score (nSPS) is 14.7. The maximum atomic E-state index is 13.3. The second-order valence-corrected chi connectivity index (χ2v) is 7.75. The van der Waals surface area contributed by atoms with Crippen molar-refractivity contribution in [1.82, 2.24) is 10.6 Å². The van der Waals surface area contributed by atoms with Gasteiger partial charge < -0.3 is 15.5 Å². The zero-order valence-electron chi connectivity index (χ0n) is 17.0. The third kappa shape index (κ3) is 5.56. The van der Waals surface area contributed by atoms with Crippen LogP contribution in [0.1, 0.15) is 42.6 Å². The number of carbonyl (C=O) groups is 2. The summed E-state index contributed by atoms with van der Waals surface area (Å²) in [7, 11) is 0. The molecule has 6 heteroatoms. The van der Waals surface area contributed by atoms with Gasteiger partial charge >= 0.3 is 0 Å². The molecule has 2 aromatic rings. The Balaban J connectivity index is 1.62. The number of amides is 2. The Hall–Kier alpha value is -2.89. The average molecular weight is 397 g/mol. The molecule has 0 spiro atoms. The van der Waals surface area contributed by atoms with Gasteiger partial charge in [-0.3, -0.25) is 9.59 Å². The fraction of sp³-hybridized carbons (Fsp3) is 0.391. The van der Waals surface area contributed by atoms with Crippen LogP contribution in [0.3, 0.4) is 0 Å². The fourth-order valence-corrected chi connectivity index (χ4v) is 3.50. The molecule has 0 aliphatic carbocycles. The van der Waals surface area contributed by atoms with Crippen molar-refractivity contribution in [3.05, 3.63) is 65.5 Å². The molecular weight excluding hydrogens is 369 g/mol. The first-order chi connectivity index (χ1) is 13.9. The quantitative estimate of drug-likeness (QED) is 0.784. The van der Waals surface area contributed by atoms with Crippen LogP contribution >= 0.6 is 0 Å². The summed E-state index contributed by atoms with van der Waals surface area (Å²) >= 11 is 0. The summed E-state index contributed by atoms with van der Waals surface area (Å²) in [4.78, 5) is 26.9. The minimum Gasteiger partial charge on any atom is -0.371 e. The van der Waals surface area contributed by atoms with Crippen molar-refractivity contribution in [2.24, 2.45) is 5.92 Å². The summed E-state index contributed by atoms with van der Waals surface area (Å²) in [6.07, 6.45) is 1.69. The van der Waals surface area contributed by atoms with E-state index in [1.807, 2.05) is 38.1 Å². The van der Waals surface area contributed by atoms with Crippen LogP contribution in [-0.4, -0.2) is 30.9 Å².